The van der Waals surface area contributed by atoms with Gasteiger partial charge in [0.1, 0.15) is 5.82 Å². The molecule has 1 saturated carbocycles. The van der Waals surface area contributed by atoms with Gasteiger partial charge in [0.05, 0.1) is 11.2 Å². The zero-order valence-corrected chi connectivity index (χ0v) is 9.53. The van der Waals surface area contributed by atoms with Gasteiger partial charge in [-0.25, -0.2) is 4.39 Å². The standard InChI is InChI=1S/C14H14FNO/c15-12-5-4-11-6-13(9-17)16(14(11)7-12)8-10-2-1-3-10/h4-7,9-10H,1-3,8H2. The average Bonchev–Trinajstić information content (AvgIpc) is 2.61. The monoisotopic (exact) mass is 231 g/mol. The molecule has 0 radical (unpaired) electrons. The second kappa shape index (κ2) is 3.99. The Kier molecular flexibility index (Phi) is 2.46. The van der Waals surface area contributed by atoms with E-state index in [9.17, 15) is 9.18 Å². The maximum Gasteiger partial charge on any atom is 0.166 e. The first kappa shape index (κ1) is 10.5. The third kappa shape index (κ3) is 1.75. The fourth-order valence-electron chi connectivity index (χ4n) is 2.48. The molecule has 1 aromatic heterocycles. The van der Waals surface area contributed by atoms with E-state index in [0.29, 0.717) is 11.6 Å². The summed E-state index contributed by atoms with van der Waals surface area (Å²) < 4.78 is 15.2. The minimum absolute atomic E-state index is 0.247. The predicted octanol–water partition coefficient (Wildman–Crippen LogP) is 3.39. The van der Waals surface area contributed by atoms with Crippen LogP contribution in [0.3, 0.4) is 0 Å². The van der Waals surface area contributed by atoms with E-state index in [1.54, 1.807) is 6.07 Å². The number of aldehydes is 1. The summed E-state index contributed by atoms with van der Waals surface area (Å²) >= 11 is 0. The summed E-state index contributed by atoms with van der Waals surface area (Å²) in [5.41, 5.74) is 1.48. The van der Waals surface area contributed by atoms with Gasteiger partial charge in [0.2, 0.25) is 0 Å². The summed E-state index contributed by atoms with van der Waals surface area (Å²) in [6.07, 6.45) is 4.56. The molecule has 1 aliphatic rings. The van der Waals surface area contributed by atoms with Crippen molar-refractivity contribution in [1.29, 1.82) is 0 Å². The molecule has 0 bridgehead atoms. The fraction of sp³-hybridized carbons (Fsp3) is 0.357. The molecule has 0 aliphatic heterocycles. The molecular formula is C14H14FNO. The fourth-order valence-corrected chi connectivity index (χ4v) is 2.48. The lowest BCUT2D eigenvalue weighted by molar-refractivity contribution is 0.111. The summed E-state index contributed by atoms with van der Waals surface area (Å²) in [6.45, 7) is 0.834. The van der Waals surface area contributed by atoms with Crippen molar-refractivity contribution in [2.75, 3.05) is 0 Å². The molecule has 0 unspecified atom stereocenters. The van der Waals surface area contributed by atoms with Gasteiger partial charge < -0.3 is 4.57 Å². The molecule has 1 aromatic carbocycles. The van der Waals surface area contributed by atoms with Crippen LogP contribution in [0.2, 0.25) is 0 Å². The molecule has 1 aliphatic carbocycles. The predicted molar refractivity (Wildman–Crippen MR) is 64.6 cm³/mol. The Balaban J connectivity index is 2.10. The van der Waals surface area contributed by atoms with Crippen molar-refractivity contribution in [3.8, 4) is 0 Å². The Hall–Kier alpha value is -1.64. The highest BCUT2D eigenvalue weighted by molar-refractivity contribution is 5.88. The van der Waals surface area contributed by atoms with Crippen LogP contribution in [0, 0.1) is 11.7 Å². The molecule has 0 spiro atoms. The highest BCUT2D eigenvalue weighted by Gasteiger charge is 2.20. The van der Waals surface area contributed by atoms with Crippen LogP contribution in [0.5, 0.6) is 0 Å². The third-order valence-corrected chi connectivity index (χ3v) is 3.68. The molecule has 0 amide bonds. The smallest absolute Gasteiger partial charge is 0.166 e. The van der Waals surface area contributed by atoms with Crippen molar-refractivity contribution in [3.05, 3.63) is 35.8 Å². The zero-order chi connectivity index (χ0) is 11.8. The van der Waals surface area contributed by atoms with Crippen LogP contribution in [-0.2, 0) is 6.54 Å². The molecule has 0 atom stereocenters. The highest BCUT2D eigenvalue weighted by atomic mass is 19.1. The van der Waals surface area contributed by atoms with Crippen LogP contribution >= 0.6 is 0 Å². The van der Waals surface area contributed by atoms with E-state index in [-0.39, 0.29) is 5.82 Å². The van der Waals surface area contributed by atoms with Crippen molar-refractivity contribution < 1.29 is 9.18 Å². The summed E-state index contributed by atoms with van der Waals surface area (Å²) in [4.78, 5) is 11.1. The van der Waals surface area contributed by atoms with E-state index in [1.807, 2.05) is 10.6 Å². The summed E-state index contributed by atoms with van der Waals surface area (Å²) in [5, 5.41) is 0.938. The van der Waals surface area contributed by atoms with Gasteiger partial charge in [-0.15, -0.1) is 0 Å². The summed E-state index contributed by atoms with van der Waals surface area (Å²) in [7, 11) is 0. The van der Waals surface area contributed by atoms with Crippen LogP contribution in [0.4, 0.5) is 4.39 Å². The van der Waals surface area contributed by atoms with E-state index in [0.717, 1.165) is 23.7 Å². The molecule has 3 heteroatoms. The van der Waals surface area contributed by atoms with E-state index in [2.05, 4.69) is 0 Å². The molecule has 2 nitrogen and oxygen atoms in total. The summed E-state index contributed by atoms with van der Waals surface area (Å²) in [6, 6.07) is 6.51. The minimum Gasteiger partial charge on any atom is -0.338 e. The third-order valence-electron chi connectivity index (χ3n) is 3.68. The first-order valence-electron chi connectivity index (χ1n) is 6.02. The number of rotatable bonds is 3. The Labute approximate surface area is 99.0 Å². The highest BCUT2D eigenvalue weighted by Crippen LogP contribution is 2.30. The number of carbonyl (C=O) groups is 1. The molecule has 1 heterocycles. The van der Waals surface area contributed by atoms with Gasteiger partial charge in [0.15, 0.2) is 6.29 Å². The van der Waals surface area contributed by atoms with Gasteiger partial charge >= 0.3 is 0 Å². The number of halogens is 1. The number of nitrogens with zero attached hydrogens (tertiary/aromatic N) is 1. The lowest BCUT2D eigenvalue weighted by Crippen LogP contribution is -2.19. The van der Waals surface area contributed by atoms with E-state index in [4.69, 9.17) is 0 Å². The number of fused-ring (bicyclic) bond motifs is 1. The first-order valence-corrected chi connectivity index (χ1v) is 6.02. The van der Waals surface area contributed by atoms with Gasteiger partial charge in [0.25, 0.3) is 0 Å². The number of carbonyl (C=O) groups excluding carboxylic acids is 1. The van der Waals surface area contributed by atoms with Crippen LogP contribution in [-0.4, -0.2) is 10.9 Å². The lowest BCUT2D eigenvalue weighted by Gasteiger charge is -2.26. The molecule has 3 rings (SSSR count). The van der Waals surface area contributed by atoms with Crippen LogP contribution in [0.15, 0.2) is 24.3 Å². The van der Waals surface area contributed by atoms with E-state index in [1.165, 1.54) is 31.4 Å². The SMILES string of the molecule is O=Cc1cc2ccc(F)cc2n1CC1CCC1. The van der Waals surface area contributed by atoms with Gasteiger partial charge in [0, 0.05) is 11.9 Å². The molecular weight excluding hydrogens is 217 g/mol. The Morgan fingerprint density at radius 2 is 2.18 bits per heavy atom. The van der Waals surface area contributed by atoms with E-state index < -0.39 is 0 Å². The van der Waals surface area contributed by atoms with Crippen molar-refractivity contribution in [2.45, 2.75) is 25.8 Å². The number of benzene rings is 1. The minimum atomic E-state index is -0.247. The van der Waals surface area contributed by atoms with Gasteiger partial charge in [-0.3, -0.25) is 4.79 Å². The van der Waals surface area contributed by atoms with Crippen molar-refractivity contribution in [2.24, 2.45) is 5.92 Å². The number of aromatic nitrogens is 1. The van der Waals surface area contributed by atoms with Gasteiger partial charge in [-0.05, 0) is 43.0 Å². The molecule has 0 N–H and O–H groups in total. The number of hydrogen-bond donors (Lipinski definition) is 0. The molecule has 1 fully saturated rings. The topological polar surface area (TPSA) is 22.0 Å². The molecule has 88 valence electrons. The normalized spacial score (nSPS) is 16.1. The lowest BCUT2D eigenvalue weighted by atomic mass is 9.85. The maximum atomic E-state index is 13.3. The molecule has 0 saturated heterocycles. The Morgan fingerprint density at radius 1 is 1.35 bits per heavy atom. The quantitative estimate of drug-likeness (QED) is 0.742. The second-order valence-electron chi connectivity index (χ2n) is 4.80. The second-order valence-corrected chi connectivity index (χ2v) is 4.80. The average molecular weight is 231 g/mol. The zero-order valence-electron chi connectivity index (χ0n) is 9.53. The molecule has 2 aromatic rings. The number of hydrogen-bond acceptors (Lipinski definition) is 1. The van der Waals surface area contributed by atoms with Gasteiger partial charge in [-0.2, -0.15) is 0 Å². The molecule has 17 heavy (non-hydrogen) atoms. The van der Waals surface area contributed by atoms with Gasteiger partial charge in [-0.1, -0.05) is 6.42 Å². The van der Waals surface area contributed by atoms with Crippen LogP contribution in [0.1, 0.15) is 29.8 Å². The Bertz CT molecular complexity index is 569. The van der Waals surface area contributed by atoms with Crippen molar-refractivity contribution in [3.63, 3.8) is 0 Å². The first-order chi connectivity index (χ1) is 8.28. The Morgan fingerprint density at radius 3 is 2.82 bits per heavy atom. The summed E-state index contributed by atoms with van der Waals surface area (Å²) in [5.74, 6) is 0.399. The van der Waals surface area contributed by atoms with Crippen LogP contribution < -0.4 is 0 Å². The van der Waals surface area contributed by atoms with Crippen molar-refractivity contribution >= 4 is 17.2 Å². The van der Waals surface area contributed by atoms with Crippen LogP contribution in [0.25, 0.3) is 10.9 Å². The van der Waals surface area contributed by atoms with E-state index >= 15 is 0 Å². The van der Waals surface area contributed by atoms with Crippen molar-refractivity contribution in [1.82, 2.24) is 4.57 Å². The maximum absolute atomic E-state index is 13.3. The largest absolute Gasteiger partial charge is 0.338 e.